The third kappa shape index (κ3) is 3.12. The predicted octanol–water partition coefficient (Wildman–Crippen LogP) is 2.14. The first kappa shape index (κ1) is 11.8. The Hall–Kier alpha value is -1.24. The fourth-order valence-electron chi connectivity index (χ4n) is 0.903. The van der Waals surface area contributed by atoms with Gasteiger partial charge in [0.05, 0.1) is 16.6 Å². The highest BCUT2D eigenvalue weighted by Gasteiger charge is 2.12. The van der Waals surface area contributed by atoms with Gasteiger partial charge in [0.1, 0.15) is 5.15 Å². The lowest BCUT2D eigenvalue weighted by Crippen LogP contribution is -2.31. The lowest BCUT2D eigenvalue weighted by atomic mass is 10.2. The summed E-state index contributed by atoms with van der Waals surface area (Å²) in [6, 6.07) is 1.03. The molecular formula is C10H8Cl2N2O. The second kappa shape index (κ2) is 5.01. The van der Waals surface area contributed by atoms with Crippen LogP contribution in [0.5, 0.6) is 0 Å². The predicted molar refractivity (Wildman–Crippen MR) is 60.0 cm³/mol. The molecule has 1 unspecified atom stereocenters. The second-order valence-electron chi connectivity index (χ2n) is 2.85. The molecule has 0 saturated carbocycles. The van der Waals surface area contributed by atoms with E-state index in [9.17, 15) is 4.79 Å². The molecule has 1 N–H and O–H groups in total. The summed E-state index contributed by atoms with van der Waals surface area (Å²) in [6.45, 7) is 1.69. The van der Waals surface area contributed by atoms with Crippen LogP contribution < -0.4 is 5.32 Å². The van der Waals surface area contributed by atoms with Gasteiger partial charge >= 0.3 is 0 Å². The average Bonchev–Trinajstić information content (AvgIpc) is 2.21. The van der Waals surface area contributed by atoms with Gasteiger partial charge in [0.15, 0.2) is 0 Å². The molecule has 78 valence electrons. The van der Waals surface area contributed by atoms with E-state index >= 15 is 0 Å². The van der Waals surface area contributed by atoms with Crippen molar-refractivity contribution in [1.82, 2.24) is 10.3 Å². The van der Waals surface area contributed by atoms with Crippen molar-refractivity contribution in [2.45, 2.75) is 13.0 Å². The molecule has 1 heterocycles. The highest BCUT2D eigenvalue weighted by Crippen LogP contribution is 2.17. The van der Waals surface area contributed by atoms with Crippen LogP contribution in [0.2, 0.25) is 10.2 Å². The zero-order chi connectivity index (χ0) is 11.4. The van der Waals surface area contributed by atoms with Crippen molar-refractivity contribution in [3.63, 3.8) is 0 Å². The highest BCUT2D eigenvalue weighted by molar-refractivity contribution is 6.35. The Kier molecular flexibility index (Phi) is 3.96. The van der Waals surface area contributed by atoms with E-state index in [0.29, 0.717) is 0 Å². The number of carbonyl (C=O) groups excluding carboxylic acids is 1. The summed E-state index contributed by atoms with van der Waals surface area (Å²) in [5.74, 6) is 2.01. The summed E-state index contributed by atoms with van der Waals surface area (Å²) >= 11 is 11.4. The van der Waals surface area contributed by atoms with Crippen LogP contribution in [-0.2, 0) is 0 Å². The van der Waals surface area contributed by atoms with Crippen molar-refractivity contribution < 1.29 is 4.79 Å². The van der Waals surface area contributed by atoms with Gasteiger partial charge in [-0.1, -0.05) is 29.1 Å². The summed E-state index contributed by atoms with van der Waals surface area (Å²) in [6.07, 6.45) is 6.45. The molecule has 0 saturated heterocycles. The van der Waals surface area contributed by atoms with Crippen molar-refractivity contribution in [3.8, 4) is 12.3 Å². The van der Waals surface area contributed by atoms with Gasteiger partial charge in [-0.3, -0.25) is 4.79 Å². The van der Waals surface area contributed by atoms with Crippen LogP contribution in [0.25, 0.3) is 0 Å². The molecule has 0 aliphatic carbocycles. The number of halogens is 2. The molecule has 1 aromatic rings. The maximum atomic E-state index is 11.6. The maximum Gasteiger partial charge on any atom is 0.253 e. The van der Waals surface area contributed by atoms with Gasteiger partial charge in [0.25, 0.3) is 5.91 Å². The second-order valence-corrected chi connectivity index (χ2v) is 3.64. The fourth-order valence-corrected chi connectivity index (χ4v) is 1.25. The van der Waals surface area contributed by atoms with Crippen molar-refractivity contribution in [2.24, 2.45) is 0 Å². The Morgan fingerprint density at radius 3 is 2.93 bits per heavy atom. The summed E-state index contributed by atoms with van der Waals surface area (Å²) in [4.78, 5) is 15.3. The number of carbonyl (C=O) groups is 1. The Morgan fingerprint density at radius 2 is 2.33 bits per heavy atom. The van der Waals surface area contributed by atoms with E-state index in [0.717, 1.165) is 0 Å². The number of pyridine rings is 1. The van der Waals surface area contributed by atoms with Crippen LogP contribution >= 0.6 is 23.2 Å². The Labute approximate surface area is 97.8 Å². The van der Waals surface area contributed by atoms with E-state index in [-0.39, 0.29) is 27.7 Å². The molecule has 3 nitrogen and oxygen atoms in total. The van der Waals surface area contributed by atoms with Crippen molar-refractivity contribution >= 4 is 29.1 Å². The first-order chi connectivity index (χ1) is 7.04. The minimum Gasteiger partial charge on any atom is -0.339 e. The molecule has 15 heavy (non-hydrogen) atoms. The van der Waals surface area contributed by atoms with E-state index in [1.807, 2.05) is 0 Å². The quantitative estimate of drug-likeness (QED) is 0.638. The van der Waals surface area contributed by atoms with Crippen molar-refractivity contribution in [1.29, 1.82) is 0 Å². The molecular weight excluding hydrogens is 235 g/mol. The first-order valence-corrected chi connectivity index (χ1v) is 4.88. The molecule has 0 spiro atoms. The van der Waals surface area contributed by atoms with Crippen LogP contribution in [0, 0.1) is 12.3 Å². The number of hydrogen-bond donors (Lipinski definition) is 1. The third-order valence-corrected chi connectivity index (χ3v) is 2.17. The smallest absolute Gasteiger partial charge is 0.253 e. The zero-order valence-electron chi connectivity index (χ0n) is 7.92. The van der Waals surface area contributed by atoms with Gasteiger partial charge in [-0.05, 0) is 13.0 Å². The minimum absolute atomic E-state index is 0.206. The number of nitrogens with one attached hydrogen (secondary N) is 1. The number of rotatable bonds is 2. The van der Waals surface area contributed by atoms with E-state index in [1.165, 1.54) is 12.3 Å². The standard InChI is InChI=1S/C10H8Cl2N2O/c1-3-6(2)14-10(15)7-4-9(12)13-5-8(7)11/h1,4-6H,2H3,(H,14,15). The van der Waals surface area contributed by atoms with Crippen LogP contribution in [0.3, 0.4) is 0 Å². The van der Waals surface area contributed by atoms with Crippen molar-refractivity contribution in [3.05, 3.63) is 28.0 Å². The third-order valence-electron chi connectivity index (χ3n) is 1.66. The summed E-state index contributed by atoms with van der Waals surface area (Å²) < 4.78 is 0. The van der Waals surface area contributed by atoms with Gasteiger partial charge < -0.3 is 5.32 Å². The summed E-state index contributed by atoms with van der Waals surface area (Å²) in [5, 5.41) is 3.01. The SMILES string of the molecule is C#CC(C)NC(=O)c1cc(Cl)ncc1Cl. The van der Waals surface area contributed by atoms with Crippen molar-refractivity contribution in [2.75, 3.05) is 0 Å². The maximum absolute atomic E-state index is 11.6. The van der Waals surface area contributed by atoms with Crippen LogP contribution in [-0.4, -0.2) is 16.9 Å². The molecule has 0 aromatic carbocycles. The van der Waals surface area contributed by atoms with E-state index in [2.05, 4.69) is 16.2 Å². The van der Waals surface area contributed by atoms with Gasteiger partial charge in [0.2, 0.25) is 0 Å². The van der Waals surface area contributed by atoms with E-state index < -0.39 is 0 Å². The fraction of sp³-hybridized carbons (Fsp3) is 0.200. The van der Waals surface area contributed by atoms with Gasteiger partial charge in [0, 0.05) is 6.20 Å². The number of terminal acetylenes is 1. The molecule has 0 bridgehead atoms. The topological polar surface area (TPSA) is 42.0 Å². The molecule has 1 rings (SSSR count). The molecule has 1 aromatic heterocycles. The summed E-state index contributed by atoms with van der Waals surface area (Å²) in [5.41, 5.74) is 0.263. The lowest BCUT2D eigenvalue weighted by Gasteiger charge is -2.08. The monoisotopic (exact) mass is 242 g/mol. The van der Waals surface area contributed by atoms with Crippen LogP contribution in [0.1, 0.15) is 17.3 Å². The van der Waals surface area contributed by atoms with Gasteiger partial charge in [-0.25, -0.2) is 4.98 Å². The first-order valence-electron chi connectivity index (χ1n) is 4.12. The number of amides is 1. The molecule has 0 aliphatic rings. The Morgan fingerprint density at radius 1 is 1.67 bits per heavy atom. The number of nitrogens with zero attached hydrogens (tertiary/aromatic N) is 1. The van der Waals surface area contributed by atoms with Gasteiger partial charge in [-0.2, -0.15) is 0 Å². The summed E-state index contributed by atoms with van der Waals surface area (Å²) in [7, 11) is 0. The highest BCUT2D eigenvalue weighted by atomic mass is 35.5. The van der Waals surface area contributed by atoms with Crippen LogP contribution in [0.15, 0.2) is 12.3 Å². The molecule has 0 fully saturated rings. The lowest BCUT2D eigenvalue weighted by molar-refractivity contribution is 0.0948. The number of aromatic nitrogens is 1. The zero-order valence-corrected chi connectivity index (χ0v) is 9.43. The molecule has 1 atom stereocenters. The van der Waals surface area contributed by atoms with E-state index in [1.54, 1.807) is 6.92 Å². The largest absolute Gasteiger partial charge is 0.339 e. The van der Waals surface area contributed by atoms with E-state index in [4.69, 9.17) is 29.6 Å². The molecule has 1 amide bonds. The Bertz CT molecular complexity index is 426. The average molecular weight is 243 g/mol. The minimum atomic E-state index is -0.366. The molecule has 0 aliphatic heterocycles. The van der Waals surface area contributed by atoms with Gasteiger partial charge in [-0.15, -0.1) is 6.42 Å². The molecule has 5 heteroatoms. The Balaban J connectivity index is 2.92. The normalized spacial score (nSPS) is 11.6. The number of hydrogen-bond acceptors (Lipinski definition) is 2. The molecule has 0 radical (unpaired) electrons. The van der Waals surface area contributed by atoms with Crippen LogP contribution in [0.4, 0.5) is 0 Å².